The van der Waals surface area contributed by atoms with Crippen LogP contribution in [0.15, 0.2) is 0 Å². The first-order valence-electron chi connectivity index (χ1n) is 6.47. The molecule has 90 valence electrons. The Bertz CT molecular complexity index is 378. The molecule has 1 nitrogen and oxygen atoms in total. The number of anilines is 1. The number of nitrogens with two attached hydrogens (primary N) is 1. The van der Waals surface area contributed by atoms with E-state index in [-0.39, 0.29) is 0 Å². The molecule has 2 N–H and O–H groups in total. The zero-order valence-corrected chi connectivity index (χ0v) is 11.4. The van der Waals surface area contributed by atoms with Crippen LogP contribution in [-0.4, -0.2) is 0 Å². The molecule has 0 heterocycles. The van der Waals surface area contributed by atoms with Crippen molar-refractivity contribution in [3.63, 3.8) is 0 Å². The first-order valence-corrected chi connectivity index (χ1v) is 6.47. The standard InChI is InChI=1S/C15H25N/c1-6-9-14-10(4)12(7-2)11(5)15(16)13(14)8-3/h6-9,16H2,1-5H3. The van der Waals surface area contributed by atoms with Crippen LogP contribution in [0.3, 0.4) is 0 Å². The maximum absolute atomic E-state index is 6.27. The van der Waals surface area contributed by atoms with E-state index in [9.17, 15) is 0 Å². The first kappa shape index (κ1) is 13.1. The average Bonchev–Trinajstić information content (AvgIpc) is 2.27. The van der Waals surface area contributed by atoms with E-state index in [2.05, 4.69) is 34.6 Å². The van der Waals surface area contributed by atoms with Crippen LogP contribution in [0, 0.1) is 13.8 Å². The van der Waals surface area contributed by atoms with Crippen molar-refractivity contribution in [2.24, 2.45) is 0 Å². The van der Waals surface area contributed by atoms with Crippen LogP contribution in [0.1, 0.15) is 55.0 Å². The Morgan fingerprint density at radius 2 is 1.38 bits per heavy atom. The Balaban J connectivity index is 3.50. The minimum absolute atomic E-state index is 1.04. The van der Waals surface area contributed by atoms with Crippen LogP contribution < -0.4 is 5.73 Å². The van der Waals surface area contributed by atoms with E-state index < -0.39 is 0 Å². The van der Waals surface area contributed by atoms with Crippen molar-refractivity contribution in [3.05, 3.63) is 27.8 Å². The SMILES string of the molecule is CCCc1c(C)c(CC)c(C)c(N)c1CC. The first-order chi connectivity index (χ1) is 7.58. The topological polar surface area (TPSA) is 26.0 Å². The van der Waals surface area contributed by atoms with Crippen LogP contribution in [0.2, 0.25) is 0 Å². The van der Waals surface area contributed by atoms with Crippen LogP contribution in [0.4, 0.5) is 5.69 Å². The molecule has 0 amide bonds. The second kappa shape index (κ2) is 5.38. The molecule has 1 aromatic rings. The fourth-order valence-corrected chi connectivity index (χ4v) is 2.76. The zero-order chi connectivity index (χ0) is 12.3. The summed E-state index contributed by atoms with van der Waals surface area (Å²) in [6.07, 6.45) is 4.49. The average molecular weight is 219 g/mol. The van der Waals surface area contributed by atoms with Crippen molar-refractivity contribution in [3.8, 4) is 0 Å². The van der Waals surface area contributed by atoms with Crippen molar-refractivity contribution in [1.82, 2.24) is 0 Å². The highest BCUT2D eigenvalue weighted by Gasteiger charge is 2.14. The van der Waals surface area contributed by atoms with Crippen molar-refractivity contribution >= 4 is 5.69 Å². The van der Waals surface area contributed by atoms with Crippen LogP contribution >= 0.6 is 0 Å². The minimum atomic E-state index is 1.04. The van der Waals surface area contributed by atoms with E-state index in [1.807, 2.05) is 0 Å². The summed E-state index contributed by atoms with van der Waals surface area (Å²) >= 11 is 0. The molecule has 1 heteroatoms. The smallest absolute Gasteiger partial charge is 0.0381 e. The van der Waals surface area contributed by atoms with Gasteiger partial charge in [-0.05, 0) is 60.9 Å². The van der Waals surface area contributed by atoms with Gasteiger partial charge in [0.2, 0.25) is 0 Å². The lowest BCUT2D eigenvalue weighted by Gasteiger charge is -2.20. The van der Waals surface area contributed by atoms with Gasteiger partial charge in [-0.3, -0.25) is 0 Å². The van der Waals surface area contributed by atoms with Crippen molar-refractivity contribution in [2.75, 3.05) is 5.73 Å². The van der Waals surface area contributed by atoms with Gasteiger partial charge >= 0.3 is 0 Å². The fourth-order valence-electron chi connectivity index (χ4n) is 2.76. The van der Waals surface area contributed by atoms with Gasteiger partial charge in [-0.1, -0.05) is 27.2 Å². The minimum Gasteiger partial charge on any atom is -0.398 e. The second-order valence-corrected chi connectivity index (χ2v) is 4.56. The number of nitrogen functional groups attached to an aromatic ring is 1. The lowest BCUT2D eigenvalue weighted by Crippen LogP contribution is -2.08. The van der Waals surface area contributed by atoms with E-state index in [4.69, 9.17) is 5.73 Å². The summed E-state index contributed by atoms with van der Waals surface area (Å²) in [5, 5.41) is 0. The molecule has 1 aromatic carbocycles. The van der Waals surface area contributed by atoms with E-state index in [0.717, 1.165) is 24.9 Å². The zero-order valence-electron chi connectivity index (χ0n) is 11.4. The van der Waals surface area contributed by atoms with Gasteiger partial charge in [-0.15, -0.1) is 0 Å². The molecule has 0 radical (unpaired) electrons. The van der Waals surface area contributed by atoms with E-state index in [0.29, 0.717) is 0 Å². The van der Waals surface area contributed by atoms with Gasteiger partial charge in [-0.25, -0.2) is 0 Å². The highest BCUT2D eigenvalue weighted by atomic mass is 14.6. The number of hydrogen-bond acceptors (Lipinski definition) is 1. The summed E-state index contributed by atoms with van der Waals surface area (Å²) < 4.78 is 0. The van der Waals surface area contributed by atoms with Crippen molar-refractivity contribution in [2.45, 2.75) is 60.3 Å². The van der Waals surface area contributed by atoms with Crippen molar-refractivity contribution in [1.29, 1.82) is 0 Å². The highest BCUT2D eigenvalue weighted by molar-refractivity contribution is 5.63. The van der Waals surface area contributed by atoms with Gasteiger partial charge in [0, 0.05) is 5.69 Å². The molecule has 1 rings (SSSR count). The summed E-state index contributed by atoms with van der Waals surface area (Å²) in [5.41, 5.74) is 14.4. The van der Waals surface area contributed by atoms with Crippen LogP contribution in [-0.2, 0) is 19.3 Å². The lowest BCUT2D eigenvalue weighted by molar-refractivity contribution is 0.880. The largest absolute Gasteiger partial charge is 0.398 e. The molecule has 0 spiro atoms. The van der Waals surface area contributed by atoms with Gasteiger partial charge in [0.05, 0.1) is 0 Å². The number of hydrogen-bond donors (Lipinski definition) is 1. The van der Waals surface area contributed by atoms with Crippen molar-refractivity contribution < 1.29 is 0 Å². The maximum Gasteiger partial charge on any atom is 0.0381 e. The summed E-state index contributed by atoms with van der Waals surface area (Å²) in [6, 6.07) is 0. The predicted molar refractivity (Wildman–Crippen MR) is 73.1 cm³/mol. The van der Waals surface area contributed by atoms with Crippen LogP contribution in [0.25, 0.3) is 0 Å². The molecule has 0 saturated heterocycles. The van der Waals surface area contributed by atoms with E-state index >= 15 is 0 Å². The third-order valence-corrected chi connectivity index (χ3v) is 3.66. The molecule has 0 bridgehead atoms. The van der Waals surface area contributed by atoms with Crippen LogP contribution in [0.5, 0.6) is 0 Å². The summed E-state index contributed by atoms with van der Waals surface area (Å²) in [5.74, 6) is 0. The molecule has 0 fully saturated rings. The molecular weight excluding hydrogens is 194 g/mol. The summed E-state index contributed by atoms with van der Waals surface area (Å²) in [6.45, 7) is 11.1. The normalized spacial score (nSPS) is 10.8. The van der Waals surface area contributed by atoms with Gasteiger partial charge in [0.1, 0.15) is 0 Å². The molecule has 0 aliphatic carbocycles. The van der Waals surface area contributed by atoms with Gasteiger partial charge in [-0.2, -0.15) is 0 Å². The predicted octanol–water partition coefficient (Wildman–Crippen LogP) is 3.96. The maximum atomic E-state index is 6.27. The molecule has 16 heavy (non-hydrogen) atoms. The third kappa shape index (κ3) is 2.09. The molecule has 0 saturated carbocycles. The van der Waals surface area contributed by atoms with E-state index in [1.54, 1.807) is 0 Å². The third-order valence-electron chi connectivity index (χ3n) is 3.66. The quantitative estimate of drug-likeness (QED) is 0.762. The lowest BCUT2D eigenvalue weighted by atomic mass is 9.87. The summed E-state index contributed by atoms with van der Waals surface area (Å²) in [4.78, 5) is 0. The fraction of sp³-hybridized carbons (Fsp3) is 0.600. The molecule has 0 aliphatic rings. The van der Waals surface area contributed by atoms with Gasteiger partial charge in [0.15, 0.2) is 0 Å². The molecule has 0 aromatic heterocycles. The van der Waals surface area contributed by atoms with Gasteiger partial charge in [0.25, 0.3) is 0 Å². The summed E-state index contributed by atoms with van der Waals surface area (Å²) in [7, 11) is 0. The Labute approximate surface area is 100 Å². The highest BCUT2D eigenvalue weighted by Crippen LogP contribution is 2.31. The molecule has 0 aliphatic heterocycles. The Morgan fingerprint density at radius 3 is 1.81 bits per heavy atom. The monoisotopic (exact) mass is 219 g/mol. The molecule has 0 unspecified atom stereocenters. The number of rotatable bonds is 4. The second-order valence-electron chi connectivity index (χ2n) is 4.56. The molecule has 0 atom stereocenters. The Morgan fingerprint density at radius 1 is 0.812 bits per heavy atom. The Kier molecular flexibility index (Phi) is 4.40. The van der Waals surface area contributed by atoms with Gasteiger partial charge < -0.3 is 5.73 Å². The van der Waals surface area contributed by atoms with E-state index in [1.165, 1.54) is 34.2 Å². The molecular formula is C15H25N. The Hall–Kier alpha value is -0.980. The number of benzene rings is 1.